The fraction of sp³-hybridized carbons (Fsp3) is 0.143. The number of ether oxygens (including phenoxy) is 1. The standard InChI is InChI=1S/C21H17BrN8O2/c1-12-23-19-17(11-18-24-27-28-25-18)26-30(15-7-9-16(32-2)10-8-15)20(19)21(31)29(12)14-5-3-13(22)4-6-14/h3-10H,11H2,1-2H3,(H,24,25,27,28). The van der Waals surface area contributed by atoms with Crippen molar-refractivity contribution < 1.29 is 4.74 Å². The van der Waals surface area contributed by atoms with Gasteiger partial charge in [-0.3, -0.25) is 9.36 Å². The smallest absolute Gasteiger partial charge is 0.284 e. The van der Waals surface area contributed by atoms with Gasteiger partial charge in [0.2, 0.25) is 0 Å². The monoisotopic (exact) mass is 492 g/mol. The number of hydrogen-bond donors (Lipinski definition) is 1. The van der Waals surface area contributed by atoms with E-state index in [0.717, 1.165) is 4.47 Å². The van der Waals surface area contributed by atoms with Crippen LogP contribution < -0.4 is 10.3 Å². The summed E-state index contributed by atoms with van der Waals surface area (Å²) in [4.78, 5) is 18.5. The topological polar surface area (TPSA) is 116 Å². The number of benzene rings is 2. The van der Waals surface area contributed by atoms with E-state index in [0.29, 0.717) is 45.5 Å². The molecule has 0 atom stereocenters. The van der Waals surface area contributed by atoms with Gasteiger partial charge < -0.3 is 4.74 Å². The normalized spacial score (nSPS) is 11.2. The van der Waals surface area contributed by atoms with Crippen LogP contribution in [0.4, 0.5) is 0 Å². The second-order valence-electron chi connectivity index (χ2n) is 7.03. The summed E-state index contributed by atoms with van der Waals surface area (Å²) >= 11 is 3.43. The molecule has 11 heteroatoms. The molecule has 0 fully saturated rings. The van der Waals surface area contributed by atoms with Crippen LogP contribution in [0.1, 0.15) is 17.3 Å². The lowest BCUT2D eigenvalue weighted by Gasteiger charge is -2.11. The molecule has 0 aliphatic carbocycles. The number of rotatable bonds is 5. The average Bonchev–Trinajstić information content (AvgIpc) is 3.44. The molecule has 0 unspecified atom stereocenters. The maximum absolute atomic E-state index is 13.7. The van der Waals surface area contributed by atoms with E-state index in [1.165, 1.54) is 0 Å². The number of methoxy groups -OCH3 is 1. The quantitative estimate of drug-likeness (QED) is 0.400. The molecule has 0 saturated heterocycles. The van der Waals surface area contributed by atoms with E-state index in [9.17, 15) is 4.79 Å². The van der Waals surface area contributed by atoms with E-state index in [-0.39, 0.29) is 12.0 Å². The second kappa shape index (κ2) is 8.00. The van der Waals surface area contributed by atoms with Crippen LogP contribution in [0.2, 0.25) is 0 Å². The highest BCUT2D eigenvalue weighted by Gasteiger charge is 2.21. The van der Waals surface area contributed by atoms with Crippen molar-refractivity contribution in [2.45, 2.75) is 13.3 Å². The van der Waals surface area contributed by atoms with Crippen molar-refractivity contribution in [3.63, 3.8) is 0 Å². The molecule has 0 saturated carbocycles. The van der Waals surface area contributed by atoms with Crippen molar-refractivity contribution in [3.8, 4) is 17.1 Å². The minimum atomic E-state index is -0.225. The first-order valence-electron chi connectivity index (χ1n) is 9.69. The largest absolute Gasteiger partial charge is 0.497 e. The average molecular weight is 493 g/mol. The van der Waals surface area contributed by atoms with Crippen LogP contribution in [0.15, 0.2) is 57.8 Å². The molecular formula is C21H17BrN8O2. The number of nitrogens with zero attached hydrogens (tertiary/aromatic N) is 7. The summed E-state index contributed by atoms with van der Waals surface area (Å²) in [6.45, 7) is 1.80. The van der Waals surface area contributed by atoms with Crippen molar-refractivity contribution in [2.75, 3.05) is 7.11 Å². The van der Waals surface area contributed by atoms with Crippen molar-refractivity contribution in [1.29, 1.82) is 0 Å². The number of nitrogens with one attached hydrogen (secondary N) is 1. The lowest BCUT2D eigenvalue weighted by atomic mass is 10.2. The van der Waals surface area contributed by atoms with Gasteiger partial charge in [0, 0.05) is 4.47 Å². The molecule has 5 aromatic rings. The number of aromatic nitrogens is 8. The summed E-state index contributed by atoms with van der Waals surface area (Å²) in [5.74, 6) is 1.72. The minimum absolute atomic E-state index is 0.225. The number of aryl methyl sites for hydroxylation is 1. The number of halogens is 1. The summed E-state index contributed by atoms with van der Waals surface area (Å²) < 4.78 is 9.36. The molecule has 32 heavy (non-hydrogen) atoms. The Morgan fingerprint density at radius 3 is 2.44 bits per heavy atom. The van der Waals surface area contributed by atoms with Crippen molar-refractivity contribution in [1.82, 2.24) is 40.0 Å². The number of tetrazole rings is 1. The summed E-state index contributed by atoms with van der Waals surface area (Å²) in [5, 5.41) is 18.8. The van der Waals surface area contributed by atoms with Gasteiger partial charge in [-0.05, 0) is 55.5 Å². The highest BCUT2D eigenvalue weighted by atomic mass is 79.9. The fourth-order valence-electron chi connectivity index (χ4n) is 3.56. The second-order valence-corrected chi connectivity index (χ2v) is 7.95. The lowest BCUT2D eigenvalue weighted by Crippen LogP contribution is -2.24. The van der Waals surface area contributed by atoms with Gasteiger partial charge in [-0.15, -0.1) is 10.2 Å². The zero-order valence-electron chi connectivity index (χ0n) is 17.2. The fourth-order valence-corrected chi connectivity index (χ4v) is 3.82. The van der Waals surface area contributed by atoms with Crippen LogP contribution >= 0.6 is 15.9 Å². The molecular weight excluding hydrogens is 476 g/mol. The van der Waals surface area contributed by atoms with Crippen LogP contribution in [-0.2, 0) is 6.42 Å². The van der Waals surface area contributed by atoms with Gasteiger partial charge in [-0.2, -0.15) is 10.3 Å². The summed E-state index contributed by atoms with van der Waals surface area (Å²) in [6.07, 6.45) is 0.282. The Bertz CT molecular complexity index is 1460. The Kier molecular flexibility index (Phi) is 5.02. The Morgan fingerprint density at radius 1 is 1.06 bits per heavy atom. The zero-order chi connectivity index (χ0) is 22.2. The van der Waals surface area contributed by atoms with Crippen LogP contribution in [0.25, 0.3) is 22.4 Å². The van der Waals surface area contributed by atoms with Gasteiger partial charge in [0.25, 0.3) is 5.56 Å². The molecule has 0 aliphatic rings. The van der Waals surface area contributed by atoms with Crippen molar-refractivity contribution >= 4 is 27.0 Å². The van der Waals surface area contributed by atoms with Gasteiger partial charge in [-0.1, -0.05) is 21.1 Å². The van der Waals surface area contributed by atoms with Crippen LogP contribution in [0.5, 0.6) is 5.75 Å². The minimum Gasteiger partial charge on any atom is -0.497 e. The SMILES string of the molecule is COc1ccc(-n2nc(Cc3nn[nH]n3)c3nc(C)n(-c4ccc(Br)cc4)c(=O)c32)cc1. The van der Waals surface area contributed by atoms with E-state index >= 15 is 0 Å². The molecule has 10 nitrogen and oxygen atoms in total. The Balaban J connectivity index is 1.77. The van der Waals surface area contributed by atoms with E-state index in [1.54, 1.807) is 23.3 Å². The molecule has 3 aromatic heterocycles. The van der Waals surface area contributed by atoms with E-state index < -0.39 is 0 Å². The lowest BCUT2D eigenvalue weighted by molar-refractivity contribution is 0.414. The zero-order valence-corrected chi connectivity index (χ0v) is 18.7. The van der Waals surface area contributed by atoms with Crippen molar-refractivity contribution in [3.05, 3.63) is 80.7 Å². The van der Waals surface area contributed by atoms with Gasteiger partial charge >= 0.3 is 0 Å². The highest BCUT2D eigenvalue weighted by molar-refractivity contribution is 9.10. The third-order valence-electron chi connectivity index (χ3n) is 5.05. The molecule has 160 valence electrons. The first-order valence-corrected chi connectivity index (χ1v) is 10.5. The molecule has 1 N–H and O–H groups in total. The molecule has 0 aliphatic heterocycles. The van der Waals surface area contributed by atoms with Crippen LogP contribution in [-0.4, -0.2) is 47.1 Å². The van der Waals surface area contributed by atoms with Crippen LogP contribution in [0, 0.1) is 6.92 Å². The molecule has 0 spiro atoms. The molecule has 0 bridgehead atoms. The number of H-pyrrole nitrogens is 1. The molecule has 0 amide bonds. The summed E-state index contributed by atoms with van der Waals surface area (Å²) in [7, 11) is 1.60. The predicted octanol–water partition coefficient (Wildman–Crippen LogP) is 2.75. The van der Waals surface area contributed by atoms with E-state index in [2.05, 4.69) is 36.6 Å². The molecule has 0 radical (unpaired) electrons. The van der Waals surface area contributed by atoms with E-state index in [1.807, 2.05) is 48.5 Å². The van der Waals surface area contributed by atoms with Gasteiger partial charge in [0.15, 0.2) is 11.3 Å². The van der Waals surface area contributed by atoms with Gasteiger partial charge in [-0.25, -0.2) is 9.67 Å². The third kappa shape index (κ3) is 3.46. The first-order chi connectivity index (χ1) is 15.5. The first kappa shape index (κ1) is 20.1. The highest BCUT2D eigenvalue weighted by Crippen LogP contribution is 2.23. The number of hydrogen-bond acceptors (Lipinski definition) is 7. The molecule has 2 aromatic carbocycles. The summed E-state index contributed by atoms with van der Waals surface area (Å²) in [5.41, 5.74) is 2.65. The van der Waals surface area contributed by atoms with E-state index in [4.69, 9.17) is 14.8 Å². The predicted molar refractivity (Wildman–Crippen MR) is 120 cm³/mol. The maximum atomic E-state index is 13.7. The maximum Gasteiger partial charge on any atom is 0.284 e. The molecule has 5 rings (SSSR count). The van der Waals surface area contributed by atoms with Crippen molar-refractivity contribution in [2.24, 2.45) is 0 Å². The Morgan fingerprint density at radius 2 is 1.78 bits per heavy atom. The Hall–Kier alpha value is -3.86. The van der Waals surface area contributed by atoms with Gasteiger partial charge in [0.1, 0.15) is 17.1 Å². The van der Waals surface area contributed by atoms with Gasteiger partial charge in [0.05, 0.1) is 30.6 Å². The Labute approximate surface area is 190 Å². The third-order valence-corrected chi connectivity index (χ3v) is 5.58. The molecule has 3 heterocycles. The summed E-state index contributed by atoms with van der Waals surface area (Å²) in [6, 6.07) is 14.8. The van der Waals surface area contributed by atoms with Crippen LogP contribution in [0.3, 0.4) is 0 Å². The number of aromatic amines is 1. The number of fused-ring (bicyclic) bond motifs is 1.